The maximum absolute atomic E-state index is 11.0. The first-order valence-corrected chi connectivity index (χ1v) is 5.48. The third-order valence-corrected chi connectivity index (χ3v) is 3.36. The van der Waals surface area contributed by atoms with E-state index in [0.29, 0.717) is 6.04 Å². The lowest BCUT2D eigenvalue weighted by atomic mass is 10.0. The number of piperidine rings is 1. The number of nitrogens with zero attached hydrogens (tertiary/aromatic N) is 1. The van der Waals surface area contributed by atoms with Crippen molar-refractivity contribution < 1.29 is 9.90 Å². The Hall–Kier alpha value is -0.610. The van der Waals surface area contributed by atoms with E-state index < -0.39 is 5.97 Å². The third kappa shape index (κ3) is 1.91. The first-order chi connectivity index (χ1) is 6.79. The molecule has 0 spiro atoms. The molecule has 1 unspecified atom stereocenters. The fourth-order valence-electron chi connectivity index (χ4n) is 2.63. The minimum atomic E-state index is -0.638. The Morgan fingerprint density at radius 2 is 2.00 bits per heavy atom. The summed E-state index contributed by atoms with van der Waals surface area (Å²) in [5, 5.41) is 12.4. The van der Waals surface area contributed by atoms with Gasteiger partial charge in [0.1, 0.15) is 6.04 Å². The van der Waals surface area contributed by atoms with Gasteiger partial charge in [0, 0.05) is 6.04 Å². The molecular formula is C10H18N2O2. The molecule has 2 fully saturated rings. The highest BCUT2D eigenvalue weighted by Crippen LogP contribution is 2.24. The number of hydrogen-bond donors (Lipinski definition) is 2. The molecule has 1 atom stereocenters. The van der Waals surface area contributed by atoms with Crippen LogP contribution in [0.25, 0.3) is 0 Å². The van der Waals surface area contributed by atoms with Gasteiger partial charge in [-0.3, -0.25) is 9.69 Å². The van der Waals surface area contributed by atoms with Crippen LogP contribution in [0.5, 0.6) is 0 Å². The van der Waals surface area contributed by atoms with Crippen LogP contribution < -0.4 is 5.32 Å². The molecule has 4 heteroatoms. The lowest BCUT2D eigenvalue weighted by Crippen LogP contribution is -2.47. The van der Waals surface area contributed by atoms with Crippen LogP contribution in [-0.4, -0.2) is 47.7 Å². The average Bonchev–Trinajstić information content (AvgIpc) is 2.67. The van der Waals surface area contributed by atoms with Crippen LogP contribution >= 0.6 is 0 Å². The summed E-state index contributed by atoms with van der Waals surface area (Å²) >= 11 is 0. The summed E-state index contributed by atoms with van der Waals surface area (Å²) in [5.41, 5.74) is 0. The summed E-state index contributed by atoms with van der Waals surface area (Å²) in [4.78, 5) is 13.2. The van der Waals surface area contributed by atoms with Crippen molar-refractivity contribution in [3.8, 4) is 0 Å². The fraction of sp³-hybridized carbons (Fsp3) is 0.900. The van der Waals surface area contributed by atoms with Gasteiger partial charge in [0.15, 0.2) is 0 Å². The van der Waals surface area contributed by atoms with Gasteiger partial charge in [-0.15, -0.1) is 0 Å². The number of nitrogens with one attached hydrogen (secondary N) is 1. The second-order valence-electron chi connectivity index (χ2n) is 4.22. The zero-order valence-corrected chi connectivity index (χ0v) is 8.41. The number of likely N-dealkylation sites (tertiary alicyclic amines) is 1. The summed E-state index contributed by atoms with van der Waals surface area (Å²) in [5.74, 6) is -0.638. The maximum atomic E-state index is 11.0. The van der Waals surface area contributed by atoms with Gasteiger partial charge < -0.3 is 10.4 Å². The zero-order chi connectivity index (χ0) is 9.97. The van der Waals surface area contributed by atoms with Crippen molar-refractivity contribution in [3.63, 3.8) is 0 Å². The predicted octanol–water partition coefficient (Wildman–Crippen LogP) is 0.287. The van der Waals surface area contributed by atoms with E-state index in [1.54, 1.807) is 0 Å². The third-order valence-electron chi connectivity index (χ3n) is 3.36. The molecule has 0 saturated carbocycles. The van der Waals surface area contributed by atoms with Crippen molar-refractivity contribution in [2.45, 2.75) is 37.8 Å². The molecule has 0 aromatic rings. The Morgan fingerprint density at radius 3 is 2.64 bits per heavy atom. The minimum absolute atomic E-state index is 0.210. The first-order valence-electron chi connectivity index (χ1n) is 5.48. The molecule has 14 heavy (non-hydrogen) atoms. The van der Waals surface area contributed by atoms with Crippen molar-refractivity contribution in [1.29, 1.82) is 0 Å². The summed E-state index contributed by atoms with van der Waals surface area (Å²) < 4.78 is 0. The molecule has 0 radical (unpaired) electrons. The highest BCUT2D eigenvalue weighted by atomic mass is 16.4. The largest absolute Gasteiger partial charge is 0.480 e. The molecule has 0 aromatic heterocycles. The zero-order valence-electron chi connectivity index (χ0n) is 8.41. The number of aliphatic carboxylic acids is 1. The Morgan fingerprint density at radius 1 is 1.29 bits per heavy atom. The van der Waals surface area contributed by atoms with Gasteiger partial charge in [0.25, 0.3) is 0 Å². The SMILES string of the molecule is O=C(O)C1CCCN1C1CCNCC1. The molecule has 0 aliphatic carbocycles. The second-order valence-corrected chi connectivity index (χ2v) is 4.22. The van der Waals surface area contributed by atoms with E-state index in [4.69, 9.17) is 5.11 Å². The lowest BCUT2D eigenvalue weighted by molar-refractivity contribution is -0.143. The van der Waals surface area contributed by atoms with Gasteiger partial charge >= 0.3 is 5.97 Å². The van der Waals surface area contributed by atoms with Crippen LogP contribution in [0.4, 0.5) is 0 Å². The van der Waals surface area contributed by atoms with Crippen molar-refractivity contribution in [3.05, 3.63) is 0 Å². The van der Waals surface area contributed by atoms with Crippen LogP contribution in [0.2, 0.25) is 0 Å². The van der Waals surface area contributed by atoms with Crippen LogP contribution in [0.1, 0.15) is 25.7 Å². The molecule has 2 aliphatic rings. The first kappa shape index (κ1) is 9.93. The Kier molecular flexibility index (Phi) is 3.03. The number of carboxylic acids is 1. The van der Waals surface area contributed by atoms with E-state index >= 15 is 0 Å². The molecule has 4 nitrogen and oxygen atoms in total. The number of carboxylic acid groups (broad SMARTS) is 1. The predicted molar refractivity (Wildman–Crippen MR) is 53.3 cm³/mol. The second kappa shape index (κ2) is 4.28. The molecule has 2 saturated heterocycles. The van der Waals surface area contributed by atoms with E-state index in [1.807, 2.05) is 0 Å². The molecule has 0 aromatic carbocycles. The minimum Gasteiger partial charge on any atom is -0.480 e. The Balaban J connectivity index is 1.97. The molecule has 2 aliphatic heterocycles. The molecule has 2 rings (SSSR count). The Bertz CT molecular complexity index is 214. The van der Waals surface area contributed by atoms with Crippen molar-refractivity contribution in [2.24, 2.45) is 0 Å². The number of hydrogen-bond acceptors (Lipinski definition) is 3. The van der Waals surface area contributed by atoms with Gasteiger partial charge in [-0.05, 0) is 45.3 Å². The van der Waals surface area contributed by atoms with Crippen molar-refractivity contribution in [2.75, 3.05) is 19.6 Å². The van der Waals surface area contributed by atoms with Gasteiger partial charge in [-0.1, -0.05) is 0 Å². The fourth-order valence-corrected chi connectivity index (χ4v) is 2.63. The van der Waals surface area contributed by atoms with Crippen LogP contribution in [0.15, 0.2) is 0 Å². The van der Waals surface area contributed by atoms with E-state index in [-0.39, 0.29) is 6.04 Å². The molecule has 0 amide bonds. The summed E-state index contributed by atoms with van der Waals surface area (Å²) in [6.45, 7) is 3.04. The highest BCUT2D eigenvalue weighted by Gasteiger charge is 2.35. The number of carbonyl (C=O) groups is 1. The Labute approximate surface area is 84.3 Å². The van der Waals surface area contributed by atoms with E-state index in [1.165, 1.54) is 0 Å². The standard InChI is InChI=1S/C10H18N2O2/c13-10(14)9-2-1-7-12(9)8-3-5-11-6-4-8/h8-9,11H,1-7H2,(H,13,14). The van der Waals surface area contributed by atoms with E-state index in [2.05, 4.69) is 10.2 Å². The normalized spacial score (nSPS) is 30.7. The highest BCUT2D eigenvalue weighted by molar-refractivity contribution is 5.73. The monoisotopic (exact) mass is 198 g/mol. The average molecular weight is 198 g/mol. The van der Waals surface area contributed by atoms with Crippen molar-refractivity contribution >= 4 is 5.97 Å². The van der Waals surface area contributed by atoms with Gasteiger partial charge in [0.2, 0.25) is 0 Å². The topological polar surface area (TPSA) is 52.6 Å². The lowest BCUT2D eigenvalue weighted by Gasteiger charge is -2.34. The summed E-state index contributed by atoms with van der Waals surface area (Å²) in [7, 11) is 0. The molecule has 2 heterocycles. The van der Waals surface area contributed by atoms with Crippen LogP contribution in [0, 0.1) is 0 Å². The van der Waals surface area contributed by atoms with Crippen LogP contribution in [-0.2, 0) is 4.79 Å². The smallest absolute Gasteiger partial charge is 0.320 e. The summed E-state index contributed by atoms with van der Waals surface area (Å²) in [6.07, 6.45) is 4.08. The van der Waals surface area contributed by atoms with Gasteiger partial charge in [-0.25, -0.2) is 0 Å². The van der Waals surface area contributed by atoms with Gasteiger partial charge in [0.05, 0.1) is 0 Å². The van der Waals surface area contributed by atoms with Gasteiger partial charge in [-0.2, -0.15) is 0 Å². The summed E-state index contributed by atoms with van der Waals surface area (Å²) in [6, 6.07) is 0.290. The molecule has 2 N–H and O–H groups in total. The molecule has 0 bridgehead atoms. The van der Waals surface area contributed by atoms with Crippen LogP contribution in [0.3, 0.4) is 0 Å². The molecule has 80 valence electrons. The van der Waals surface area contributed by atoms with E-state index in [9.17, 15) is 4.79 Å². The van der Waals surface area contributed by atoms with E-state index in [0.717, 1.165) is 45.3 Å². The van der Waals surface area contributed by atoms with Crippen molar-refractivity contribution in [1.82, 2.24) is 10.2 Å². The number of rotatable bonds is 2. The quantitative estimate of drug-likeness (QED) is 0.669. The maximum Gasteiger partial charge on any atom is 0.320 e. The molecular weight excluding hydrogens is 180 g/mol.